The van der Waals surface area contributed by atoms with Crippen molar-refractivity contribution < 1.29 is 4.79 Å². The van der Waals surface area contributed by atoms with E-state index in [-0.39, 0.29) is 11.3 Å². The molecule has 1 unspecified atom stereocenters. The van der Waals surface area contributed by atoms with Gasteiger partial charge >= 0.3 is 0 Å². The maximum Gasteiger partial charge on any atom is 0.251 e. The van der Waals surface area contributed by atoms with Crippen LogP contribution < -0.4 is 11.1 Å². The predicted octanol–water partition coefficient (Wildman–Crippen LogP) is 1.07. The van der Waals surface area contributed by atoms with E-state index in [0.29, 0.717) is 0 Å². The van der Waals surface area contributed by atoms with Crippen LogP contribution in [0.25, 0.3) is 0 Å². The molecule has 1 amide bonds. The normalized spacial score (nSPS) is 36.1. The highest BCUT2D eigenvalue weighted by molar-refractivity contribution is 6.00. The Morgan fingerprint density at radius 2 is 2.21 bits per heavy atom. The number of nitrogens with two attached hydrogens (primary N) is 1. The maximum absolute atomic E-state index is 11.7. The standard InChI is InChI=1S/C11H16N2O/c1-4-5-7-9(14)13-8-6-11(8,12)10(7,2)3/h5-6H,4,12H2,1-3H3,(H,13,14). The molecule has 0 aromatic heterocycles. The predicted molar refractivity (Wildman–Crippen MR) is 55.3 cm³/mol. The molecule has 0 bridgehead atoms. The van der Waals surface area contributed by atoms with Gasteiger partial charge in [0.05, 0.1) is 5.54 Å². The van der Waals surface area contributed by atoms with E-state index in [1.165, 1.54) is 0 Å². The van der Waals surface area contributed by atoms with Crippen molar-refractivity contribution >= 4 is 5.91 Å². The first kappa shape index (κ1) is 9.46. The summed E-state index contributed by atoms with van der Waals surface area (Å²) >= 11 is 0. The van der Waals surface area contributed by atoms with E-state index in [4.69, 9.17) is 5.73 Å². The molecule has 0 radical (unpaired) electrons. The molecule has 0 aromatic carbocycles. The third-order valence-corrected chi connectivity index (χ3v) is 3.34. The molecule has 1 aliphatic heterocycles. The van der Waals surface area contributed by atoms with Gasteiger partial charge in [0.1, 0.15) is 0 Å². The third-order valence-electron chi connectivity index (χ3n) is 3.34. The largest absolute Gasteiger partial charge is 0.324 e. The van der Waals surface area contributed by atoms with Crippen molar-refractivity contribution in [3.05, 3.63) is 23.4 Å². The van der Waals surface area contributed by atoms with Crippen LogP contribution in [-0.2, 0) is 4.79 Å². The Bertz CT molecular complexity index is 365. The fraction of sp³-hybridized carbons (Fsp3) is 0.545. The van der Waals surface area contributed by atoms with Crippen molar-refractivity contribution in [2.75, 3.05) is 0 Å². The van der Waals surface area contributed by atoms with Crippen molar-refractivity contribution in [2.45, 2.75) is 32.7 Å². The van der Waals surface area contributed by atoms with Gasteiger partial charge < -0.3 is 11.1 Å². The van der Waals surface area contributed by atoms with Gasteiger partial charge in [-0.1, -0.05) is 26.8 Å². The topological polar surface area (TPSA) is 55.1 Å². The Kier molecular flexibility index (Phi) is 1.68. The minimum Gasteiger partial charge on any atom is -0.324 e. The lowest BCUT2D eigenvalue weighted by atomic mass is 9.71. The summed E-state index contributed by atoms with van der Waals surface area (Å²) in [7, 11) is 0. The number of carbonyl (C=O) groups is 1. The minimum atomic E-state index is -0.415. The summed E-state index contributed by atoms with van der Waals surface area (Å²) < 4.78 is 0. The van der Waals surface area contributed by atoms with E-state index in [1.54, 1.807) is 0 Å². The molecule has 3 heteroatoms. The molecule has 76 valence electrons. The zero-order valence-corrected chi connectivity index (χ0v) is 8.85. The van der Waals surface area contributed by atoms with Crippen LogP contribution in [-0.4, -0.2) is 11.4 Å². The van der Waals surface area contributed by atoms with Gasteiger partial charge in [-0.3, -0.25) is 4.79 Å². The Labute approximate surface area is 84.0 Å². The lowest BCUT2D eigenvalue weighted by Crippen LogP contribution is -2.53. The lowest BCUT2D eigenvalue weighted by Gasteiger charge is -2.39. The van der Waals surface area contributed by atoms with E-state index in [2.05, 4.69) is 5.32 Å². The second kappa shape index (κ2) is 2.48. The number of nitrogens with one attached hydrogen (secondary N) is 1. The molecule has 2 aliphatic rings. The molecular weight excluding hydrogens is 176 g/mol. The third kappa shape index (κ3) is 0.932. The first-order chi connectivity index (χ1) is 6.43. The molecule has 1 fully saturated rings. The fourth-order valence-corrected chi connectivity index (χ4v) is 2.10. The molecule has 0 spiro atoms. The first-order valence-corrected chi connectivity index (χ1v) is 4.97. The molecule has 1 saturated heterocycles. The van der Waals surface area contributed by atoms with Gasteiger partial charge in [-0.05, 0) is 12.5 Å². The fourth-order valence-electron chi connectivity index (χ4n) is 2.10. The monoisotopic (exact) mass is 192 g/mol. The van der Waals surface area contributed by atoms with Gasteiger partial charge in [0.15, 0.2) is 0 Å². The average Bonchev–Trinajstić information content (AvgIpc) is 2.73. The summed E-state index contributed by atoms with van der Waals surface area (Å²) in [4.78, 5) is 11.7. The first-order valence-electron chi connectivity index (χ1n) is 4.97. The zero-order chi connectivity index (χ0) is 10.6. The minimum absolute atomic E-state index is 0.00155. The summed E-state index contributed by atoms with van der Waals surface area (Å²) in [5.41, 5.74) is 7.15. The van der Waals surface area contributed by atoms with Gasteiger partial charge in [-0.2, -0.15) is 0 Å². The zero-order valence-electron chi connectivity index (χ0n) is 8.85. The van der Waals surface area contributed by atoms with Crippen LogP contribution in [0.15, 0.2) is 23.4 Å². The second-order valence-electron chi connectivity index (χ2n) is 4.53. The van der Waals surface area contributed by atoms with Gasteiger partial charge in [0, 0.05) is 16.7 Å². The van der Waals surface area contributed by atoms with Gasteiger partial charge in [0.2, 0.25) is 0 Å². The summed E-state index contributed by atoms with van der Waals surface area (Å²) in [6.45, 7) is 6.07. The van der Waals surface area contributed by atoms with Crippen LogP contribution >= 0.6 is 0 Å². The Hall–Kier alpha value is -1.09. The SMILES string of the molecule is CCC=C1C(=O)NC2=CC2(N)C1(C)C. The van der Waals surface area contributed by atoms with Gasteiger partial charge in [-0.25, -0.2) is 0 Å². The van der Waals surface area contributed by atoms with E-state index < -0.39 is 5.54 Å². The average molecular weight is 192 g/mol. The molecular formula is C11H16N2O. The van der Waals surface area contributed by atoms with Crippen molar-refractivity contribution in [2.24, 2.45) is 11.1 Å². The van der Waals surface area contributed by atoms with E-state index in [9.17, 15) is 4.79 Å². The Morgan fingerprint density at radius 3 is 2.79 bits per heavy atom. The highest BCUT2D eigenvalue weighted by atomic mass is 16.2. The quantitative estimate of drug-likeness (QED) is 0.611. The van der Waals surface area contributed by atoms with Crippen LogP contribution in [0.1, 0.15) is 27.2 Å². The van der Waals surface area contributed by atoms with Crippen molar-refractivity contribution in [1.29, 1.82) is 0 Å². The molecule has 0 aromatic rings. The summed E-state index contributed by atoms with van der Waals surface area (Å²) in [5, 5.41) is 2.81. The van der Waals surface area contributed by atoms with Crippen LogP contribution in [0.3, 0.4) is 0 Å². The van der Waals surface area contributed by atoms with Crippen molar-refractivity contribution in [3.8, 4) is 0 Å². The molecule has 1 aliphatic carbocycles. The van der Waals surface area contributed by atoms with Crippen LogP contribution in [0.4, 0.5) is 0 Å². The van der Waals surface area contributed by atoms with Crippen molar-refractivity contribution in [3.63, 3.8) is 0 Å². The number of piperidine rings is 1. The number of hydrogen-bond donors (Lipinski definition) is 2. The molecule has 3 N–H and O–H groups in total. The number of fused-ring (bicyclic) bond motifs is 1. The van der Waals surface area contributed by atoms with E-state index in [1.807, 2.05) is 32.9 Å². The maximum atomic E-state index is 11.7. The molecule has 3 nitrogen and oxygen atoms in total. The van der Waals surface area contributed by atoms with Crippen molar-refractivity contribution in [1.82, 2.24) is 5.32 Å². The Morgan fingerprint density at radius 1 is 1.57 bits per heavy atom. The molecule has 2 rings (SSSR count). The number of carbonyl (C=O) groups excluding carboxylic acids is 1. The van der Waals surface area contributed by atoms with E-state index in [0.717, 1.165) is 17.7 Å². The number of amides is 1. The van der Waals surface area contributed by atoms with Crippen LogP contribution in [0.2, 0.25) is 0 Å². The summed E-state index contributed by atoms with van der Waals surface area (Å²) in [6, 6.07) is 0. The van der Waals surface area contributed by atoms with Crippen LogP contribution in [0.5, 0.6) is 0 Å². The number of hydrogen-bond acceptors (Lipinski definition) is 2. The number of rotatable bonds is 1. The highest BCUT2D eigenvalue weighted by Crippen LogP contribution is 2.52. The summed E-state index contributed by atoms with van der Waals surface area (Å²) in [6.07, 6.45) is 4.76. The molecule has 14 heavy (non-hydrogen) atoms. The van der Waals surface area contributed by atoms with Gasteiger partial charge in [-0.15, -0.1) is 0 Å². The smallest absolute Gasteiger partial charge is 0.251 e. The molecule has 1 atom stereocenters. The van der Waals surface area contributed by atoms with Crippen LogP contribution in [0, 0.1) is 5.41 Å². The Balaban J connectivity index is 2.42. The van der Waals surface area contributed by atoms with E-state index >= 15 is 0 Å². The summed E-state index contributed by atoms with van der Waals surface area (Å²) in [5.74, 6) is 0.00155. The molecule has 1 heterocycles. The molecule has 0 saturated carbocycles. The lowest BCUT2D eigenvalue weighted by molar-refractivity contribution is -0.119. The van der Waals surface area contributed by atoms with Gasteiger partial charge in [0.25, 0.3) is 5.91 Å². The second-order valence-corrected chi connectivity index (χ2v) is 4.53. The highest BCUT2D eigenvalue weighted by Gasteiger charge is 2.59. The number of allylic oxidation sites excluding steroid dienone is 1.